The topological polar surface area (TPSA) is 25.2 Å². The molecule has 2 heterocycles. The lowest BCUT2D eigenvalue weighted by Gasteiger charge is -2.38. The first-order valence-corrected chi connectivity index (χ1v) is 6.73. The van der Waals surface area contributed by atoms with Crippen LogP contribution in [-0.4, -0.2) is 6.54 Å². The normalized spacial score (nSPS) is 24.8. The fourth-order valence-corrected chi connectivity index (χ4v) is 3.38. The molecule has 16 heavy (non-hydrogen) atoms. The van der Waals surface area contributed by atoms with Gasteiger partial charge in [0.05, 0.1) is 11.8 Å². The highest BCUT2D eigenvalue weighted by Crippen LogP contribution is 2.39. The predicted molar refractivity (Wildman–Crippen MR) is 64.4 cm³/mol. The maximum atomic E-state index is 5.78. The Morgan fingerprint density at radius 1 is 1.06 bits per heavy atom. The molecule has 0 atom stereocenters. The van der Waals surface area contributed by atoms with Crippen LogP contribution >= 0.6 is 0 Å². The summed E-state index contributed by atoms with van der Waals surface area (Å²) in [5, 5.41) is 3.75. The summed E-state index contributed by atoms with van der Waals surface area (Å²) in [7, 11) is 0. The van der Waals surface area contributed by atoms with E-state index >= 15 is 0 Å². The van der Waals surface area contributed by atoms with Gasteiger partial charge in [0.2, 0.25) is 0 Å². The van der Waals surface area contributed by atoms with Crippen molar-refractivity contribution in [3.8, 4) is 0 Å². The Kier molecular flexibility index (Phi) is 2.76. The molecular weight excluding hydrogens is 198 g/mol. The van der Waals surface area contributed by atoms with E-state index < -0.39 is 0 Å². The number of hydrogen-bond acceptors (Lipinski definition) is 2. The van der Waals surface area contributed by atoms with Crippen LogP contribution in [0.2, 0.25) is 0 Å². The van der Waals surface area contributed by atoms with Gasteiger partial charge in [-0.3, -0.25) is 0 Å². The monoisotopic (exact) mass is 219 g/mol. The number of rotatable bonds is 0. The van der Waals surface area contributed by atoms with Crippen molar-refractivity contribution in [2.24, 2.45) is 0 Å². The van der Waals surface area contributed by atoms with Crippen LogP contribution in [0.4, 0.5) is 0 Å². The van der Waals surface area contributed by atoms with Gasteiger partial charge in [0, 0.05) is 6.54 Å². The zero-order valence-electron chi connectivity index (χ0n) is 9.93. The summed E-state index contributed by atoms with van der Waals surface area (Å²) < 4.78 is 5.78. The van der Waals surface area contributed by atoms with Crippen molar-refractivity contribution >= 4 is 0 Å². The minimum Gasteiger partial charge on any atom is -0.467 e. The molecule has 1 aromatic rings. The molecule has 1 aliphatic carbocycles. The summed E-state index contributed by atoms with van der Waals surface area (Å²) in [5.74, 6) is 1.25. The molecule has 1 fully saturated rings. The quantitative estimate of drug-likeness (QED) is 0.723. The zero-order valence-corrected chi connectivity index (χ0v) is 9.93. The molecule has 0 aromatic carbocycles. The number of fused-ring (bicyclic) bond motifs is 2. The van der Waals surface area contributed by atoms with E-state index in [1.165, 1.54) is 56.3 Å². The third-order valence-corrected chi connectivity index (χ3v) is 4.25. The van der Waals surface area contributed by atoms with Crippen LogP contribution in [0.25, 0.3) is 0 Å². The Morgan fingerprint density at radius 3 is 2.62 bits per heavy atom. The van der Waals surface area contributed by atoms with Crippen LogP contribution in [-0.2, 0) is 12.0 Å². The molecule has 1 spiro atoms. The van der Waals surface area contributed by atoms with E-state index in [1.807, 2.05) is 6.26 Å². The molecule has 0 bridgehead atoms. The van der Waals surface area contributed by atoms with Crippen LogP contribution in [0, 0.1) is 0 Å². The Bertz CT molecular complexity index is 347. The van der Waals surface area contributed by atoms with Crippen molar-refractivity contribution in [3.63, 3.8) is 0 Å². The first-order chi connectivity index (χ1) is 7.91. The molecule has 0 radical (unpaired) electrons. The van der Waals surface area contributed by atoms with Gasteiger partial charge >= 0.3 is 0 Å². The first-order valence-electron chi connectivity index (χ1n) is 6.73. The Balaban J connectivity index is 1.91. The summed E-state index contributed by atoms with van der Waals surface area (Å²) >= 11 is 0. The molecular formula is C14H21NO. The Labute approximate surface area is 97.4 Å². The molecule has 0 saturated heterocycles. The van der Waals surface area contributed by atoms with Gasteiger partial charge in [-0.15, -0.1) is 0 Å². The molecule has 1 N–H and O–H groups in total. The first kappa shape index (κ1) is 10.4. The van der Waals surface area contributed by atoms with E-state index in [2.05, 4.69) is 11.4 Å². The molecule has 3 rings (SSSR count). The van der Waals surface area contributed by atoms with Gasteiger partial charge in [-0.1, -0.05) is 32.1 Å². The largest absolute Gasteiger partial charge is 0.467 e. The summed E-state index contributed by atoms with van der Waals surface area (Å²) in [6.45, 7) is 1.12. The maximum absolute atomic E-state index is 5.78. The van der Waals surface area contributed by atoms with Gasteiger partial charge in [0.25, 0.3) is 0 Å². The van der Waals surface area contributed by atoms with Crippen molar-refractivity contribution in [2.75, 3.05) is 6.54 Å². The minimum absolute atomic E-state index is 0.178. The highest BCUT2D eigenvalue weighted by molar-refractivity contribution is 5.28. The van der Waals surface area contributed by atoms with Crippen molar-refractivity contribution in [1.82, 2.24) is 5.32 Å². The van der Waals surface area contributed by atoms with Gasteiger partial charge in [-0.25, -0.2) is 0 Å². The fraction of sp³-hybridized carbons (Fsp3) is 0.714. The Hall–Kier alpha value is -0.760. The average molecular weight is 219 g/mol. The standard InChI is InChI=1S/C14H21NO/c1-2-4-8-14(9-5-3-1)13-12(6-10-15-14)7-11-16-13/h7,11,15H,1-6,8-10H2. The van der Waals surface area contributed by atoms with Gasteiger partial charge in [-0.2, -0.15) is 0 Å². The molecule has 1 aliphatic heterocycles. The maximum Gasteiger partial charge on any atom is 0.127 e. The van der Waals surface area contributed by atoms with Gasteiger partial charge < -0.3 is 9.73 Å². The van der Waals surface area contributed by atoms with Crippen molar-refractivity contribution < 1.29 is 4.42 Å². The highest BCUT2D eigenvalue weighted by Gasteiger charge is 2.38. The lowest BCUT2D eigenvalue weighted by atomic mass is 9.78. The SMILES string of the molecule is c1cc2c(o1)C1(CCCCCCC1)NCC2. The molecule has 1 saturated carbocycles. The predicted octanol–water partition coefficient (Wildman–Crippen LogP) is 3.36. The van der Waals surface area contributed by atoms with Crippen LogP contribution in [0.5, 0.6) is 0 Å². The molecule has 2 heteroatoms. The van der Waals surface area contributed by atoms with Gasteiger partial charge in [0.1, 0.15) is 5.76 Å². The number of furan rings is 1. The molecule has 1 aromatic heterocycles. The second-order valence-corrected chi connectivity index (χ2v) is 5.30. The second-order valence-electron chi connectivity index (χ2n) is 5.30. The number of hydrogen-bond donors (Lipinski definition) is 1. The van der Waals surface area contributed by atoms with E-state index in [1.54, 1.807) is 0 Å². The van der Waals surface area contributed by atoms with E-state index in [4.69, 9.17) is 4.42 Å². The lowest BCUT2D eigenvalue weighted by molar-refractivity contribution is 0.198. The summed E-state index contributed by atoms with van der Waals surface area (Å²) in [5.41, 5.74) is 1.62. The zero-order chi connectivity index (χ0) is 10.8. The Morgan fingerprint density at radius 2 is 1.81 bits per heavy atom. The molecule has 0 amide bonds. The van der Waals surface area contributed by atoms with E-state index in [0.717, 1.165) is 13.0 Å². The van der Waals surface area contributed by atoms with Gasteiger partial charge in [-0.05, 0) is 30.9 Å². The van der Waals surface area contributed by atoms with Crippen molar-refractivity contribution in [3.05, 3.63) is 23.7 Å². The average Bonchev–Trinajstić information content (AvgIpc) is 2.73. The van der Waals surface area contributed by atoms with Crippen molar-refractivity contribution in [2.45, 2.75) is 56.9 Å². The highest BCUT2D eigenvalue weighted by atomic mass is 16.3. The fourth-order valence-electron chi connectivity index (χ4n) is 3.38. The number of nitrogens with one attached hydrogen (secondary N) is 1. The van der Waals surface area contributed by atoms with E-state index in [0.29, 0.717) is 0 Å². The molecule has 2 aliphatic rings. The minimum atomic E-state index is 0.178. The van der Waals surface area contributed by atoms with Crippen molar-refractivity contribution in [1.29, 1.82) is 0 Å². The summed E-state index contributed by atoms with van der Waals surface area (Å²) in [6, 6.07) is 2.16. The molecule has 88 valence electrons. The third kappa shape index (κ3) is 1.69. The van der Waals surface area contributed by atoms with Crippen LogP contribution in [0.3, 0.4) is 0 Å². The second kappa shape index (κ2) is 4.25. The third-order valence-electron chi connectivity index (χ3n) is 4.25. The molecule has 0 unspecified atom stereocenters. The van der Waals surface area contributed by atoms with Crippen LogP contribution in [0.15, 0.2) is 16.7 Å². The van der Waals surface area contributed by atoms with E-state index in [-0.39, 0.29) is 5.54 Å². The summed E-state index contributed by atoms with van der Waals surface area (Å²) in [4.78, 5) is 0. The van der Waals surface area contributed by atoms with Crippen LogP contribution in [0.1, 0.15) is 56.3 Å². The van der Waals surface area contributed by atoms with Crippen LogP contribution < -0.4 is 5.32 Å². The van der Waals surface area contributed by atoms with Gasteiger partial charge in [0.15, 0.2) is 0 Å². The lowest BCUT2D eigenvalue weighted by Crippen LogP contribution is -2.47. The summed E-state index contributed by atoms with van der Waals surface area (Å²) in [6.07, 6.45) is 12.4. The molecule has 2 nitrogen and oxygen atoms in total. The van der Waals surface area contributed by atoms with E-state index in [9.17, 15) is 0 Å². The smallest absolute Gasteiger partial charge is 0.127 e.